The Morgan fingerprint density at radius 3 is 2.60 bits per heavy atom. The van der Waals surface area contributed by atoms with Crippen molar-refractivity contribution in [3.05, 3.63) is 0 Å². The van der Waals surface area contributed by atoms with Crippen LogP contribution in [0, 0.1) is 0 Å². The van der Waals surface area contributed by atoms with Gasteiger partial charge in [-0.15, -0.1) is 0 Å². The zero-order valence-electron chi connectivity index (χ0n) is 10.1. The summed E-state index contributed by atoms with van der Waals surface area (Å²) in [6.07, 6.45) is 7.83. The predicted octanol–water partition coefficient (Wildman–Crippen LogP) is 1.78. The highest BCUT2D eigenvalue weighted by Gasteiger charge is 2.22. The third-order valence-electron chi connectivity index (χ3n) is 3.33. The zero-order chi connectivity index (χ0) is 11.1. The van der Waals surface area contributed by atoms with Gasteiger partial charge in [0.25, 0.3) is 0 Å². The number of carbonyl (C=O) groups excluding carboxylic acids is 1. The monoisotopic (exact) mass is 212 g/mol. The van der Waals surface area contributed by atoms with Crippen LogP contribution in [-0.4, -0.2) is 37.5 Å². The molecule has 1 amide bonds. The van der Waals surface area contributed by atoms with Gasteiger partial charge in [0.05, 0.1) is 0 Å². The summed E-state index contributed by atoms with van der Waals surface area (Å²) in [5, 5.41) is 3.10. The maximum Gasteiger partial charge on any atom is 0.222 e. The Balaban J connectivity index is 2.14. The molecule has 1 rings (SSSR count). The van der Waals surface area contributed by atoms with Gasteiger partial charge in [-0.1, -0.05) is 12.8 Å². The quantitative estimate of drug-likeness (QED) is 0.681. The maximum absolute atomic E-state index is 11.8. The minimum Gasteiger partial charge on any atom is -0.343 e. The third kappa shape index (κ3) is 4.20. The van der Waals surface area contributed by atoms with Gasteiger partial charge in [0.2, 0.25) is 5.91 Å². The van der Waals surface area contributed by atoms with Gasteiger partial charge in [0.15, 0.2) is 0 Å². The Kier molecular flexibility index (Phi) is 5.69. The average Bonchev–Trinajstić information content (AvgIpc) is 2.76. The minimum absolute atomic E-state index is 0.331. The van der Waals surface area contributed by atoms with Gasteiger partial charge in [-0.25, -0.2) is 0 Å². The van der Waals surface area contributed by atoms with Crippen LogP contribution in [0.1, 0.15) is 44.9 Å². The van der Waals surface area contributed by atoms with Crippen LogP contribution < -0.4 is 5.32 Å². The lowest BCUT2D eigenvalue weighted by Gasteiger charge is -2.24. The molecular weight excluding hydrogens is 188 g/mol. The van der Waals surface area contributed by atoms with Gasteiger partial charge in [-0.05, 0) is 39.3 Å². The highest BCUT2D eigenvalue weighted by Crippen LogP contribution is 2.22. The maximum atomic E-state index is 11.8. The lowest BCUT2D eigenvalue weighted by atomic mass is 10.1. The largest absolute Gasteiger partial charge is 0.343 e. The van der Waals surface area contributed by atoms with E-state index < -0.39 is 0 Å². The number of hydrogen-bond acceptors (Lipinski definition) is 2. The standard InChI is InChI=1S/C12H24N2O/c1-13-10-6-5-9-12(15)14(2)11-7-3-4-8-11/h11,13H,3-10H2,1-2H3. The topological polar surface area (TPSA) is 32.3 Å². The molecule has 0 bridgehead atoms. The summed E-state index contributed by atoms with van der Waals surface area (Å²) in [4.78, 5) is 13.8. The molecule has 0 aliphatic heterocycles. The summed E-state index contributed by atoms with van der Waals surface area (Å²) in [5.74, 6) is 0.331. The average molecular weight is 212 g/mol. The molecule has 0 aromatic carbocycles. The van der Waals surface area contributed by atoms with Crippen LogP contribution in [0.2, 0.25) is 0 Å². The molecule has 1 aliphatic carbocycles. The van der Waals surface area contributed by atoms with E-state index in [2.05, 4.69) is 5.32 Å². The molecule has 0 unspecified atom stereocenters. The Hall–Kier alpha value is -0.570. The van der Waals surface area contributed by atoms with Crippen LogP contribution in [-0.2, 0) is 4.79 Å². The van der Waals surface area contributed by atoms with Gasteiger partial charge in [-0.2, -0.15) is 0 Å². The minimum atomic E-state index is 0.331. The fourth-order valence-electron chi connectivity index (χ4n) is 2.25. The summed E-state index contributed by atoms with van der Waals surface area (Å²) >= 11 is 0. The number of nitrogens with one attached hydrogen (secondary N) is 1. The number of unbranched alkanes of at least 4 members (excludes halogenated alkanes) is 1. The van der Waals surface area contributed by atoms with Gasteiger partial charge in [-0.3, -0.25) is 4.79 Å². The van der Waals surface area contributed by atoms with E-state index in [1.165, 1.54) is 25.7 Å². The highest BCUT2D eigenvalue weighted by atomic mass is 16.2. The van der Waals surface area contributed by atoms with Crippen LogP contribution in [0.4, 0.5) is 0 Å². The van der Waals surface area contributed by atoms with E-state index in [9.17, 15) is 4.79 Å². The molecule has 0 aromatic heterocycles. The number of amides is 1. The zero-order valence-corrected chi connectivity index (χ0v) is 10.1. The first-order valence-electron chi connectivity index (χ1n) is 6.16. The van der Waals surface area contributed by atoms with E-state index >= 15 is 0 Å². The van der Waals surface area contributed by atoms with E-state index in [-0.39, 0.29) is 0 Å². The summed E-state index contributed by atoms with van der Waals surface area (Å²) in [6.45, 7) is 1.01. The predicted molar refractivity (Wildman–Crippen MR) is 62.8 cm³/mol. The number of carbonyl (C=O) groups is 1. The molecule has 1 fully saturated rings. The SMILES string of the molecule is CNCCCCC(=O)N(C)C1CCCC1. The summed E-state index contributed by atoms with van der Waals surface area (Å²) in [5.41, 5.74) is 0. The van der Waals surface area contributed by atoms with Gasteiger partial charge in [0, 0.05) is 19.5 Å². The van der Waals surface area contributed by atoms with Crippen LogP contribution >= 0.6 is 0 Å². The van der Waals surface area contributed by atoms with Crippen molar-refractivity contribution in [3.8, 4) is 0 Å². The number of rotatable bonds is 6. The Labute approximate surface area is 93.2 Å². The smallest absolute Gasteiger partial charge is 0.222 e. The molecule has 3 nitrogen and oxygen atoms in total. The Bertz CT molecular complexity index is 188. The number of hydrogen-bond donors (Lipinski definition) is 1. The molecule has 0 atom stereocenters. The fraction of sp³-hybridized carbons (Fsp3) is 0.917. The summed E-state index contributed by atoms with van der Waals surface area (Å²) in [7, 11) is 3.92. The molecule has 88 valence electrons. The van der Waals surface area contributed by atoms with Crippen LogP contribution in [0.3, 0.4) is 0 Å². The molecule has 1 N–H and O–H groups in total. The van der Waals surface area contributed by atoms with Crippen molar-refractivity contribution in [2.75, 3.05) is 20.6 Å². The van der Waals surface area contributed by atoms with E-state index in [0.29, 0.717) is 18.4 Å². The molecule has 1 saturated carbocycles. The Morgan fingerprint density at radius 2 is 2.00 bits per heavy atom. The van der Waals surface area contributed by atoms with Gasteiger partial charge < -0.3 is 10.2 Å². The van der Waals surface area contributed by atoms with Crippen molar-refractivity contribution in [1.82, 2.24) is 10.2 Å². The number of nitrogens with zero attached hydrogens (tertiary/aromatic N) is 1. The second-order valence-electron chi connectivity index (χ2n) is 4.50. The molecule has 0 radical (unpaired) electrons. The highest BCUT2D eigenvalue weighted by molar-refractivity contribution is 5.76. The van der Waals surface area contributed by atoms with E-state index in [1.807, 2.05) is 19.0 Å². The second kappa shape index (κ2) is 6.83. The first-order chi connectivity index (χ1) is 7.25. The second-order valence-corrected chi connectivity index (χ2v) is 4.50. The van der Waals surface area contributed by atoms with Crippen LogP contribution in [0.5, 0.6) is 0 Å². The van der Waals surface area contributed by atoms with Crippen molar-refractivity contribution in [3.63, 3.8) is 0 Å². The molecule has 0 spiro atoms. The first kappa shape index (κ1) is 12.5. The summed E-state index contributed by atoms with van der Waals surface area (Å²) < 4.78 is 0. The van der Waals surface area contributed by atoms with Gasteiger partial charge >= 0.3 is 0 Å². The first-order valence-corrected chi connectivity index (χ1v) is 6.16. The normalized spacial score (nSPS) is 16.9. The fourth-order valence-corrected chi connectivity index (χ4v) is 2.25. The lowest BCUT2D eigenvalue weighted by Crippen LogP contribution is -2.35. The van der Waals surface area contributed by atoms with E-state index in [0.717, 1.165) is 19.4 Å². The van der Waals surface area contributed by atoms with Crippen LogP contribution in [0.15, 0.2) is 0 Å². The molecule has 0 heterocycles. The lowest BCUT2D eigenvalue weighted by molar-refractivity contribution is -0.132. The van der Waals surface area contributed by atoms with Crippen molar-refractivity contribution < 1.29 is 4.79 Å². The van der Waals surface area contributed by atoms with Crippen molar-refractivity contribution in [2.24, 2.45) is 0 Å². The molecule has 0 saturated heterocycles. The van der Waals surface area contributed by atoms with Crippen molar-refractivity contribution in [2.45, 2.75) is 51.0 Å². The van der Waals surface area contributed by atoms with E-state index in [4.69, 9.17) is 0 Å². The van der Waals surface area contributed by atoms with Crippen molar-refractivity contribution in [1.29, 1.82) is 0 Å². The molecule has 1 aliphatic rings. The summed E-state index contributed by atoms with van der Waals surface area (Å²) in [6, 6.07) is 0.529. The van der Waals surface area contributed by atoms with E-state index in [1.54, 1.807) is 0 Å². The third-order valence-corrected chi connectivity index (χ3v) is 3.33. The van der Waals surface area contributed by atoms with Crippen molar-refractivity contribution >= 4 is 5.91 Å². The van der Waals surface area contributed by atoms with Crippen LogP contribution in [0.25, 0.3) is 0 Å². The molecule has 0 aromatic rings. The molecular formula is C12H24N2O. The Morgan fingerprint density at radius 1 is 1.33 bits per heavy atom. The molecule has 3 heteroatoms. The van der Waals surface area contributed by atoms with Gasteiger partial charge in [0.1, 0.15) is 0 Å². The molecule has 15 heavy (non-hydrogen) atoms.